The molecule has 0 spiro atoms. The van der Waals surface area contributed by atoms with Crippen LogP contribution in [0.25, 0.3) is 6.08 Å². The molecule has 0 bridgehead atoms. The molecule has 0 radical (unpaired) electrons. The van der Waals surface area contributed by atoms with Crippen LogP contribution >= 0.6 is 31.9 Å². The zero-order valence-corrected chi connectivity index (χ0v) is 14.0. The van der Waals surface area contributed by atoms with Gasteiger partial charge in [0.15, 0.2) is 0 Å². The molecule has 1 saturated carbocycles. The van der Waals surface area contributed by atoms with Gasteiger partial charge in [0.25, 0.3) is 0 Å². The second kappa shape index (κ2) is 6.91. The maximum Gasteiger partial charge on any atom is 0.0610 e. The lowest BCUT2D eigenvalue weighted by Crippen LogP contribution is -2.12. The lowest BCUT2D eigenvalue weighted by molar-refractivity contribution is 0.319. The highest BCUT2D eigenvalue weighted by atomic mass is 79.9. The van der Waals surface area contributed by atoms with Gasteiger partial charge in [-0.15, -0.1) is 0 Å². The van der Waals surface area contributed by atoms with Gasteiger partial charge < -0.3 is 0 Å². The molecule has 1 aliphatic carbocycles. The van der Waals surface area contributed by atoms with Crippen molar-refractivity contribution in [3.63, 3.8) is 0 Å². The Morgan fingerprint density at radius 1 is 1.11 bits per heavy atom. The van der Waals surface area contributed by atoms with E-state index < -0.39 is 0 Å². The van der Waals surface area contributed by atoms with E-state index in [2.05, 4.69) is 69.1 Å². The molecule has 1 aliphatic rings. The summed E-state index contributed by atoms with van der Waals surface area (Å²) in [5, 5.41) is 0. The Balaban J connectivity index is 2.00. The predicted octanol–water partition coefficient (Wildman–Crippen LogP) is 6.46. The van der Waals surface area contributed by atoms with Gasteiger partial charge in [-0.2, -0.15) is 0 Å². The fourth-order valence-corrected chi connectivity index (χ4v) is 3.42. The average molecular weight is 372 g/mol. The van der Waals surface area contributed by atoms with Crippen LogP contribution in [0, 0.1) is 5.92 Å². The lowest BCUT2D eigenvalue weighted by atomic mass is 9.78. The van der Waals surface area contributed by atoms with Crippen molar-refractivity contribution < 1.29 is 0 Å². The smallest absolute Gasteiger partial charge is 0.0610 e. The molecule has 0 aromatic heterocycles. The van der Waals surface area contributed by atoms with Gasteiger partial charge in [-0.3, -0.25) is 0 Å². The molecule has 2 rings (SSSR count). The molecule has 18 heavy (non-hydrogen) atoms. The summed E-state index contributed by atoms with van der Waals surface area (Å²) < 4.78 is 0.992. The van der Waals surface area contributed by atoms with Crippen molar-refractivity contribution in [1.82, 2.24) is 0 Å². The Hall–Kier alpha value is -0.0800. The average Bonchev–Trinajstić information content (AvgIpc) is 2.39. The Kier molecular flexibility index (Phi) is 5.50. The van der Waals surface area contributed by atoms with E-state index >= 15 is 0 Å². The standard InChI is InChI=1S/C16H20Br2/c1-2-12-3-7-14(8-4-12)15-9-5-13(6-10-15)11-16(17)18/h5-6,9-12,14H,2-4,7-8H2,1H3/t12-,14-. The van der Waals surface area contributed by atoms with E-state index in [-0.39, 0.29) is 0 Å². The molecular weight excluding hydrogens is 352 g/mol. The van der Waals surface area contributed by atoms with E-state index in [1.54, 1.807) is 0 Å². The van der Waals surface area contributed by atoms with Gasteiger partial charge in [0, 0.05) is 0 Å². The van der Waals surface area contributed by atoms with Gasteiger partial charge in [-0.25, -0.2) is 0 Å². The van der Waals surface area contributed by atoms with E-state index in [1.165, 1.54) is 43.2 Å². The SMILES string of the molecule is CC[C@H]1CC[C@H](c2ccc(C=C(Br)Br)cc2)CC1. The minimum Gasteiger partial charge on any atom is -0.0651 e. The third-order valence-corrected chi connectivity index (χ3v) is 4.57. The van der Waals surface area contributed by atoms with E-state index in [1.807, 2.05) is 0 Å². The summed E-state index contributed by atoms with van der Waals surface area (Å²) in [7, 11) is 0. The highest BCUT2D eigenvalue weighted by Crippen LogP contribution is 2.37. The number of benzene rings is 1. The summed E-state index contributed by atoms with van der Waals surface area (Å²) in [5.41, 5.74) is 2.76. The molecule has 1 fully saturated rings. The van der Waals surface area contributed by atoms with Crippen molar-refractivity contribution >= 4 is 37.9 Å². The van der Waals surface area contributed by atoms with Gasteiger partial charge in [0.05, 0.1) is 3.39 Å². The minimum atomic E-state index is 0.790. The number of rotatable bonds is 3. The number of hydrogen-bond donors (Lipinski definition) is 0. The second-order valence-corrected chi connectivity index (χ2v) is 8.00. The second-order valence-electron chi connectivity index (χ2n) is 5.23. The molecule has 0 aliphatic heterocycles. The van der Waals surface area contributed by atoms with Gasteiger partial charge in [-0.1, -0.05) is 37.6 Å². The van der Waals surface area contributed by atoms with Crippen LogP contribution in [-0.4, -0.2) is 0 Å². The maximum absolute atomic E-state index is 3.40. The molecule has 0 N–H and O–H groups in total. The maximum atomic E-state index is 3.40. The fourth-order valence-electron chi connectivity index (χ4n) is 2.89. The van der Waals surface area contributed by atoms with Crippen molar-refractivity contribution in [1.29, 1.82) is 0 Å². The van der Waals surface area contributed by atoms with Gasteiger partial charge in [-0.05, 0) is 86.6 Å². The summed E-state index contributed by atoms with van der Waals surface area (Å²) in [4.78, 5) is 0. The minimum absolute atomic E-state index is 0.790. The topological polar surface area (TPSA) is 0 Å². The first-order valence-electron chi connectivity index (χ1n) is 6.81. The Morgan fingerprint density at radius 2 is 1.72 bits per heavy atom. The molecule has 98 valence electrons. The zero-order valence-electron chi connectivity index (χ0n) is 10.8. The third-order valence-electron chi connectivity index (χ3n) is 4.11. The highest BCUT2D eigenvalue weighted by Gasteiger charge is 2.20. The summed E-state index contributed by atoms with van der Waals surface area (Å²) in [5.74, 6) is 1.77. The first-order chi connectivity index (χ1) is 8.69. The number of hydrogen-bond acceptors (Lipinski definition) is 0. The molecule has 0 nitrogen and oxygen atoms in total. The van der Waals surface area contributed by atoms with Crippen molar-refractivity contribution in [3.05, 3.63) is 38.8 Å². The lowest BCUT2D eigenvalue weighted by Gasteiger charge is -2.28. The molecule has 1 aromatic rings. The van der Waals surface area contributed by atoms with E-state index in [0.29, 0.717) is 0 Å². The number of halogens is 2. The van der Waals surface area contributed by atoms with Crippen LogP contribution in [-0.2, 0) is 0 Å². The van der Waals surface area contributed by atoms with Crippen LogP contribution in [0.5, 0.6) is 0 Å². The normalized spacial score (nSPS) is 23.7. The molecule has 2 heteroatoms. The highest BCUT2D eigenvalue weighted by molar-refractivity contribution is 9.28. The van der Waals surface area contributed by atoms with Gasteiger partial charge in [0.1, 0.15) is 0 Å². The predicted molar refractivity (Wildman–Crippen MR) is 87.3 cm³/mol. The van der Waals surface area contributed by atoms with Crippen molar-refractivity contribution in [2.45, 2.75) is 44.9 Å². The van der Waals surface area contributed by atoms with E-state index in [4.69, 9.17) is 0 Å². The van der Waals surface area contributed by atoms with Crippen LogP contribution in [0.4, 0.5) is 0 Å². The first kappa shape index (κ1) is 14.3. The van der Waals surface area contributed by atoms with Crippen molar-refractivity contribution in [2.24, 2.45) is 5.92 Å². The summed E-state index contributed by atoms with van der Waals surface area (Å²) in [6.07, 6.45) is 9.00. The van der Waals surface area contributed by atoms with Crippen LogP contribution in [0.3, 0.4) is 0 Å². The monoisotopic (exact) mass is 370 g/mol. The van der Waals surface area contributed by atoms with Crippen molar-refractivity contribution in [3.8, 4) is 0 Å². The quantitative estimate of drug-likeness (QED) is 0.571. The molecular formula is C16H20Br2. The van der Waals surface area contributed by atoms with Crippen LogP contribution in [0.15, 0.2) is 27.7 Å². The molecule has 0 saturated heterocycles. The van der Waals surface area contributed by atoms with Gasteiger partial charge in [0.2, 0.25) is 0 Å². The molecule has 0 amide bonds. The summed E-state index contributed by atoms with van der Waals surface area (Å²) >= 11 is 6.80. The summed E-state index contributed by atoms with van der Waals surface area (Å²) in [6, 6.07) is 9.02. The zero-order chi connectivity index (χ0) is 13.0. The Labute approximate surface area is 127 Å². The first-order valence-corrected chi connectivity index (χ1v) is 8.40. The van der Waals surface area contributed by atoms with Crippen LogP contribution in [0.1, 0.15) is 56.1 Å². The fraction of sp³-hybridized carbons (Fsp3) is 0.500. The van der Waals surface area contributed by atoms with Gasteiger partial charge >= 0.3 is 0 Å². The molecule has 0 heterocycles. The van der Waals surface area contributed by atoms with Crippen molar-refractivity contribution in [2.75, 3.05) is 0 Å². The molecule has 1 aromatic carbocycles. The van der Waals surface area contributed by atoms with E-state index in [0.717, 1.165) is 15.2 Å². The summed E-state index contributed by atoms with van der Waals surface area (Å²) in [6.45, 7) is 2.32. The molecule has 0 atom stereocenters. The molecule has 0 unspecified atom stereocenters. The third kappa shape index (κ3) is 3.96. The Bertz CT molecular complexity index is 394. The van der Waals surface area contributed by atoms with Crippen LogP contribution < -0.4 is 0 Å². The van der Waals surface area contributed by atoms with Crippen LogP contribution in [0.2, 0.25) is 0 Å². The largest absolute Gasteiger partial charge is 0.0651 e. The Morgan fingerprint density at radius 3 is 2.22 bits per heavy atom. The van der Waals surface area contributed by atoms with E-state index in [9.17, 15) is 0 Å².